The SMILES string of the molecule is CC1CC2(CCN(C(=O)C(Cc3ccc(Cl)cc3)NC(=O)C3Cc4ccccc4CN3)CC2)c2ccccc21. The van der Waals surface area contributed by atoms with Crippen LogP contribution in [0, 0.1) is 0 Å². The third kappa shape index (κ3) is 5.22. The summed E-state index contributed by atoms with van der Waals surface area (Å²) >= 11 is 6.11. The second-order valence-corrected chi connectivity index (χ2v) is 12.0. The van der Waals surface area contributed by atoms with Crippen LogP contribution in [-0.4, -0.2) is 41.9 Å². The van der Waals surface area contributed by atoms with E-state index in [9.17, 15) is 9.59 Å². The monoisotopic (exact) mass is 541 g/mol. The molecule has 5 nitrogen and oxygen atoms in total. The number of rotatable bonds is 5. The molecule has 202 valence electrons. The summed E-state index contributed by atoms with van der Waals surface area (Å²) in [6.45, 7) is 4.39. The van der Waals surface area contributed by atoms with Crippen molar-refractivity contribution in [3.63, 3.8) is 0 Å². The van der Waals surface area contributed by atoms with Gasteiger partial charge in [-0.1, -0.05) is 79.2 Å². The molecule has 2 aliphatic heterocycles. The molecule has 1 spiro atoms. The second-order valence-electron chi connectivity index (χ2n) is 11.6. The van der Waals surface area contributed by atoms with Gasteiger partial charge in [0, 0.05) is 31.1 Å². The molecule has 3 atom stereocenters. The molecule has 2 heterocycles. The first kappa shape index (κ1) is 26.1. The molecule has 1 aliphatic carbocycles. The summed E-state index contributed by atoms with van der Waals surface area (Å²) in [7, 11) is 0. The van der Waals surface area contributed by atoms with Crippen LogP contribution in [0.4, 0.5) is 0 Å². The topological polar surface area (TPSA) is 61.4 Å². The van der Waals surface area contributed by atoms with E-state index in [1.54, 1.807) is 0 Å². The van der Waals surface area contributed by atoms with Crippen molar-refractivity contribution in [2.24, 2.45) is 0 Å². The number of halogens is 1. The minimum absolute atomic E-state index is 0.00342. The van der Waals surface area contributed by atoms with Crippen molar-refractivity contribution >= 4 is 23.4 Å². The van der Waals surface area contributed by atoms with Gasteiger partial charge in [0.15, 0.2) is 0 Å². The third-order valence-corrected chi connectivity index (χ3v) is 9.41. The fourth-order valence-electron chi connectivity index (χ4n) is 7.03. The normalized spacial score (nSPS) is 22.2. The highest BCUT2D eigenvalue weighted by molar-refractivity contribution is 6.30. The molecule has 3 aliphatic rings. The Balaban J connectivity index is 1.17. The summed E-state index contributed by atoms with van der Waals surface area (Å²) in [4.78, 5) is 29.4. The average molecular weight is 542 g/mol. The lowest BCUT2D eigenvalue weighted by Gasteiger charge is -2.41. The number of carbonyl (C=O) groups is 2. The number of carbonyl (C=O) groups excluding carboxylic acids is 2. The lowest BCUT2D eigenvalue weighted by atomic mass is 9.73. The number of nitrogens with one attached hydrogen (secondary N) is 2. The number of piperidine rings is 1. The molecule has 1 saturated heterocycles. The third-order valence-electron chi connectivity index (χ3n) is 9.16. The number of hydrogen-bond acceptors (Lipinski definition) is 3. The molecule has 3 unspecified atom stereocenters. The molecule has 0 bridgehead atoms. The Morgan fingerprint density at radius 2 is 1.69 bits per heavy atom. The maximum atomic E-state index is 14.0. The molecule has 39 heavy (non-hydrogen) atoms. The van der Waals surface area contributed by atoms with Crippen LogP contribution in [0.3, 0.4) is 0 Å². The van der Waals surface area contributed by atoms with Crippen LogP contribution in [0.1, 0.15) is 59.9 Å². The second kappa shape index (κ2) is 10.8. The van der Waals surface area contributed by atoms with Crippen LogP contribution in [0.25, 0.3) is 0 Å². The van der Waals surface area contributed by atoms with Crippen molar-refractivity contribution < 1.29 is 9.59 Å². The Labute approximate surface area is 235 Å². The number of amides is 2. The molecule has 0 saturated carbocycles. The quantitative estimate of drug-likeness (QED) is 0.469. The first-order valence-corrected chi connectivity index (χ1v) is 14.5. The van der Waals surface area contributed by atoms with Gasteiger partial charge in [0.05, 0.1) is 6.04 Å². The average Bonchev–Trinajstić information content (AvgIpc) is 3.24. The zero-order chi connectivity index (χ0) is 27.0. The van der Waals surface area contributed by atoms with E-state index < -0.39 is 6.04 Å². The molecular weight excluding hydrogens is 506 g/mol. The summed E-state index contributed by atoms with van der Waals surface area (Å²) in [5.74, 6) is 0.432. The van der Waals surface area contributed by atoms with Crippen LogP contribution in [0.2, 0.25) is 5.02 Å². The highest BCUT2D eigenvalue weighted by Crippen LogP contribution is 2.51. The highest BCUT2D eigenvalue weighted by Gasteiger charge is 2.45. The van der Waals surface area contributed by atoms with Gasteiger partial charge < -0.3 is 15.5 Å². The number of fused-ring (bicyclic) bond motifs is 3. The zero-order valence-corrected chi connectivity index (χ0v) is 23.2. The number of nitrogens with zero attached hydrogens (tertiary/aromatic N) is 1. The summed E-state index contributed by atoms with van der Waals surface area (Å²) in [5, 5.41) is 7.15. The molecule has 0 radical (unpaired) electrons. The lowest BCUT2D eigenvalue weighted by molar-refractivity contribution is -0.138. The predicted octanol–water partition coefficient (Wildman–Crippen LogP) is 5.15. The zero-order valence-electron chi connectivity index (χ0n) is 22.5. The fraction of sp³-hybridized carbons (Fsp3) is 0.394. The minimum atomic E-state index is -0.624. The molecule has 3 aromatic rings. The number of benzene rings is 3. The Bertz CT molecular complexity index is 1360. The van der Waals surface area contributed by atoms with Crippen molar-refractivity contribution in [2.45, 2.75) is 69.0 Å². The van der Waals surface area contributed by atoms with Gasteiger partial charge in [-0.3, -0.25) is 9.59 Å². The van der Waals surface area contributed by atoms with E-state index in [1.165, 1.54) is 22.3 Å². The largest absolute Gasteiger partial charge is 0.343 e. The molecule has 2 amide bonds. The Hall–Kier alpha value is -3.15. The van der Waals surface area contributed by atoms with E-state index in [-0.39, 0.29) is 23.3 Å². The molecule has 2 N–H and O–H groups in total. The molecule has 0 aromatic heterocycles. The predicted molar refractivity (Wildman–Crippen MR) is 155 cm³/mol. The van der Waals surface area contributed by atoms with Gasteiger partial charge in [-0.15, -0.1) is 0 Å². The van der Waals surface area contributed by atoms with Crippen molar-refractivity contribution in [2.75, 3.05) is 13.1 Å². The van der Waals surface area contributed by atoms with E-state index in [4.69, 9.17) is 11.6 Å². The summed E-state index contributed by atoms with van der Waals surface area (Å²) in [6.07, 6.45) is 4.12. The van der Waals surface area contributed by atoms with Gasteiger partial charge in [-0.05, 0) is 77.0 Å². The number of hydrogen-bond donors (Lipinski definition) is 2. The maximum absolute atomic E-state index is 14.0. The van der Waals surface area contributed by atoms with Crippen LogP contribution in [0.5, 0.6) is 0 Å². The summed E-state index contributed by atoms with van der Waals surface area (Å²) < 4.78 is 0. The molecule has 1 fully saturated rings. The minimum Gasteiger partial charge on any atom is -0.343 e. The Morgan fingerprint density at radius 3 is 2.46 bits per heavy atom. The van der Waals surface area contributed by atoms with Gasteiger partial charge in [-0.25, -0.2) is 0 Å². The van der Waals surface area contributed by atoms with Gasteiger partial charge in [0.1, 0.15) is 6.04 Å². The molecule has 6 rings (SSSR count). The van der Waals surface area contributed by atoms with Crippen molar-refractivity contribution in [1.82, 2.24) is 15.5 Å². The van der Waals surface area contributed by atoms with E-state index in [0.29, 0.717) is 43.4 Å². The highest BCUT2D eigenvalue weighted by atomic mass is 35.5. The van der Waals surface area contributed by atoms with Crippen LogP contribution < -0.4 is 10.6 Å². The first-order chi connectivity index (χ1) is 18.9. The lowest BCUT2D eigenvalue weighted by Crippen LogP contribution is -2.57. The smallest absolute Gasteiger partial charge is 0.245 e. The van der Waals surface area contributed by atoms with E-state index in [2.05, 4.69) is 54.0 Å². The van der Waals surface area contributed by atoms with E-state index in [0.717, 1.165) is 24.8 Å². The van der Waals surface area contributed by atoms with Gasteiger partial charge >= 0.3 is 0 Å². The van der Waals surface area contributed by atoms with E-state index in [1.807, 2.05) is 41.3 Å². The summed E-state index contributed by atoms with van der Waals surface area (Å²) in [5.41, 5.74) is 6.48. The van der Waals surface area contributed by atoms with Crippen LogP contribution >= 0.6 is 11.6 Å². The maximum Gasteiger partial charge on any atom is 0.245 e. The van der Waals surface area contributed by atoms with Crippen LogP contribution in [0.15, 0.2) is 72.8 Å². The first-order valence-electron chi connectivity index (χ1n) is 14.1. The molecule has 3 aromatic carbocycles. The summed E-state index contributed by atoms with van der Waals surface area (Å²) in [6, 6.07) is 23.6. The fourth-order valence-corrected chi connectivity index (χ4v) is 7.16. The van der Waals surface area contributed by atoms with Crippen molar-refractivity contribution in [3.05, 3.63) is 106 Å². The van der Waals surface area contributed by atoms with Gasteiger partial charge in [0.2, 0.25) is 11.8 Å². The molecular formula is C33H36ClN3O2. The van der Waals surface area contributed by atoms with Crippen LogP contribution in [-0.2, 0) is 34.4 Å². The molecule has 6 heteroatoms. The Morgan fingerprint density at radius 1 is 1.00 bits per heavy atom. The standard InChI is InChI=1S/C33H36ClN3O2/c1-22-20-33(28-9-5-4-8-27(22)28)14-16-37(17-15-33)32(39)30(18-23-10-12-26(34)13-11-23)36-31(38)29-19-24-6-2-3-7-25(24)21-35-29/h2-13,22,29-30,35H,14-21H2,1H3,(H,36,38). The van der Waals surface area contributed by atoms with Crippen molar-refractivity contribution in [3.8, 4) is 0 Å². The Kier molecular flexibility index (Phi) is 7.22. The van der Waals surface area contributed by atoms with E-state index >= 15 is 0 Å². The number of likely N-dealkylation sites (tertiary alicyclic amines) is 1. The van der Waals surface area contributed by atoms with Gasteiger partial charge in [-0.2, -0.15) is 0 Å². The van der Waals surface area contributed by atoms with Gasteiger partial charge in [0.25, 0.3) is 0 Å². The van der Waals surface area contributed by atoms with Crippen molar-refractivity contribution in [1.29, 1.82) is 0 Å².